The van der Waals surface area contributed by atoms with E-state index in [1.807, 2.05) is 0 Å². The van der Waals surface area contributed by atoms with Crippen LogP contribution in [0.25, 0.3) is 0 Å². The van der Waals surface area contributed by atoms with Crippen molar-refractivity contribution in [1.29, 1.82) is 0 Å². The number of ether oxygens (including phenoxy) is 1. The monoisotopic (exact) mass is 360 g/mol. The summed E-state index contributed by atoms with van der Waals surface area (Å²) in [5.74, 6) is 1.35. The second-order valence-electron chi connectivity index (χ2n) is 8.30. The van der Waals surface area contributed by atoms with E-state index in [0.29, 0.717) is 5.92 Å². The lowest BCUT2D eigenvalue weighted by Crippen LogP contribution is -2.37. The Morgan fingerprint density at radius 1 is 1.15 bits per heavy atom. The number of hydrogen-bond donors (Lipinski definition) is 1. The van der Waals surface area contributed by atoms with Crippen LogP contribution in [0.3, 0.4) is 0 Å². The Hall–Kier alpha value is -0.900. The number of nitrogens with zero attached hydrogens (tertiary/aromatic N) is 1. The molecule has 1 aromatic rings. The van der Waals surface area contributed by atoms with Gasteiger partial charge in [-0.25, -0.2) is 0 Å². The second-order valence-corrected chi connectivity index (χ2v) is 8.30. The summed E-state index contributed by atoms with van der Waals surface area (Å²) in [5.41, 5.74) is 1.52. The summed E-state index contributed by atoms with van der Waals surface area (Å²) in [6.07, 6.45) is 4.80. The van der Waals surface area contributed by atoms with Crippen LogP contribution in [0.2, 0.25) is 0 Å². The van der Waals surface area contributed by atoms with Crippen molar-refractivity contribution >= 4 is 0 Å². The first kappa shape index (κ1) is 21.4. The van der Waals surface area contributed by atoms with Crippen LogP contribution >= 0.6 is 0 Å². The molecule has 1 aromatic carbocycles. The molecule has 1 fully saturated rings. The first-order valence-electron chi connectivity index (χ1n) is 10.7. The molecule has 1 aliphatic heterocycles. The van der Waals surface area contributed by atoms with Gasteiger partial charge in [-0.2, -0.15) is 0 Å². The van der Waals surface area contributed by atoms with Crippen LogP contribution < -0.4 is 5.32 Å². The molecule has 0 aromatic heterocycles. The summed E-state index contributed by atoms with van der Waals surface area (Å²) >= 11 is 0. The molecule has 2 rings (SSSR count). The van der Waals surface area contributed by atoms with Crippen LogP contribution in [-0.2, 0) is 4.74 Å². The van der Waals surface area contributed by atoms with E-state index in [-0.39, 0.29) is 5.60 Å². The van der Waals surface area contributed by atoms with Gasteiger partial charge < -0.3 is 15.0 Å². The average Bonchev–Trinajstić information content (AvgIpc) is 2.64. The van der Waals surface area contributed by atoms with Gasteiger partial charge in [0.1, 0.15) is 0 Å². The summed E-state index contributed by atoms with van der Waals surface area (Å²) < 4.78 is 5.96. The standard InChI is InChI=1S/C23H40N2O/c1-5-25(6-2)17-10-15-24-16-13-22(20-11-8-7-9-12-20)21-14-18-26-23(3,4)19-21/h7-9,11-12,21-22,24H,5-6,10,13-19H2,1-4H3. The largest absolute Gasteiger partial charge is 0.376 e. The highest BCUT2D eigenvalue weighted by Gasteiger charge is 2.33. The molecule has 0 radical (unpaired) electrons. The van der Waals surface area contributed by atoms with Crippen LogP contribution in [0, 0.1) is 5.92 Å². The fourth-order valence-corrected chi connectivity index (χ4v) is 4.35. The molecule has 1 saturated heterocycles. The van der Waals surface area contributed by atoms with Gasteiger partial charge >= 0.3 is 0 Å². The van der Waals surface area contributed by atoms with Gasteiger partial charge in [-0.15, -0.1) is 0 Å². The maximum atomic E-state index is 5.96. The minimum Gasteiger partial charge on any atom is -0.376 e. The fraction of sp³-hybridized carbons (Fsp3) is 0.739. The molecule has 1 aliphatic rings. The van der Waals surface area contributed by atoms with E-state index in [1.165, 1.54) is 31.4 Å². The lowest BCUT2D eigenvalue weighted by atomic mass is 9.75. The van der Waals surface area contributed by atoms with E-state index in [2.05, 4.69) is 68.2 Å². The quantitative estimate of drug-likeness (QED) is 0.580. The van der Waals surface area contributed by atoms with Crippen LogP contribution in [0.1, 0.15) is 64.9 Å². The van der Waals surface area contributed by atoms with Crippen molar-refractivity contribution in [2.24, 2.45) is 5.92 Å². The van der Waals surface area contributed by atoms with Gasteiger partial charge in [0.2, 0.25) is 0 Å². The Morgan fingerprint density at radius 3 is 2.54 bits per heavy atom. The molecule has 0 bridgehead atoms. The van der Waals surface area contributed by atoms with Gasteiger partial charge in [0, 0.05) is 6.61 Å². The fourth-order valence-electron chi connectivity index (χ4n) is 4.35. The van der Waals surface area contributed by atoms with Gasteiger partial charge in [-0.1, -0.05) is 44.2 Å². The van der Waals surface area contributed by atoms with E-state index in [4.69, 9.17) is 4.74 Å². The molecule has 1 heterocycles. The smallest absolute Gasteiger partial charge is 0.0629 e. The summed E-state index contributed by atoms with van der Waals surface area (Å²) in [6.45, 7) is 15.6. The minimum absolute atomic E-state index is 0.0210. The molecule has 1 N–H and O–H groups in total. The normalized spacial score (nSPS) is 21.0. The van der Waals surface area contributed by atoms with E-state index in [9.17, 15) is 0 Å². The Kier molecular flexibility index (Phi) is 9.10. The molecular weight excluding hydrogens is 320 g/mol. The van der Waals surface area contributed by atoms with Crippen LogP contribution in [-0.4, -0.2) is 49.8 Å². The predicted octanol–water partition coefficient (Wildman–Crippen LogP) is 4.69. The molecule has 3 nitrogen and oxygen atoms in total. The van der Waals surface area contributed by atoms with E-state index in [0.717, 1.165) is 45.1 Å². The molecule has 148 valence electrons. The number of benzene rings is 1. The predicted molar refractivity (Wildman–Crippen MR) is 112 cm³/mol. The first-order chi connectivity index (χ1) is 12.6. The lowest BCUT2D eigenvalue weighted by Gasteiger charge is -2.39. The van der Waals surface area contributed by atoms with Gasteiger partial charge in [0.05, 0.1) is 5.60 Å². The molecule has 2 unspecified atom stereocenters. The van der Waals surface area contributed by atoms with E-state index >= 15 is 0 Å². The Balaban J connectivity index is 1.83. The second kappa shape index (κ2) is 11.1. The number of nitrogens with one attached hydrogen (secondary N) is 1. The molecule has 0 spiro atoms. The first-order valence-corrected chi connectivity index (χ1v) is 10.7. The molecule has 3 heteroatoms. The Labute approximate surface area is 161 Å². The van der Waals surface area contributed by atoms with Crippen molar-refractivity contribution in [1.82, 2.24) is 10.2 Å². The highest BCUT2D eigenvalue weighted by Crippen LogP contribution is 2.39. The topological polar surface area (TPSA) is 24.5 Å². The zero-order chi connectivity index (χ0) is 18.8. The van der Waals surface area contributed by atoms with Crippen molar-refractivity contribution in [3.63, 3.8) is 0 Å². The summed E-state index contributed by atoms with van der Waals surface area (Å²) in [4.78, 5) is 2.50. The SMILES string of the molecule is CCN(CC)CCCNCCC(c1ccccc1)C1CCOC(C)(C)C1. The summed E-state index contributed by atoms with van der Waals surface area (Å²) in [6, 6.07) is 11.1. The third kappa shape index (κ3) is 7.02. The van der Waals surface area contributed by atoms with Crippen molar-refractivity contribution in [3.8, 4) is 0 Å². The number of hydrogen-bond acceptors (Lipinski definition) is 3. The van der Waals surface area contributed by atoms with Gasteiger partial charge in [0.15, 0.2) is 0 Å². The van der Waals surface area contributed by atoms with Gasteiger partial charge in [-0.05, 0) is 89.7 Å². The van der Waals surface area contributed by atoms with Crippen molar-refractivity contribution in [2.45, 2.75) is 64.9 Å². The lowest BCUT2D eigenvalue weighted by molar-refractivity contribution is -0.0771. The Bertz CT molecular complexity index is 484. The van der Waals surface area contributed by atoms with Crippen molar-refractivity contribution in [2.75, 3.05) is 39.3 Å². The Morgan fingerprint density at radius 2 is 1.88 bits per heavy atom. The van der Waals surface area contributed by atoms with Gasteiger partial charge in [-0.3, -0.25) is 0 Å². The molecular formula is C23H40N2O. The van der Waals surface area contributed by atoms with Crippen molar-refractivity contribution in [3.05, 3.63) is 35.9 Å². The maximum Gasteiger partial charge on any atom is 0.0629 e. The molecule has 0 saturated carbocycles. The van der Waals surface area contributed by atoms with Gasteiger partial charge in [0.25, 0.3) is 0 Å². The molecule has 0 aliphatic carbocycles. The highest BCUT2D eigenvalue weighted by atomic mass is 16.5. The summed E-state index contributed by atoms with van der Waals surface area (Å²) in [7, 11) is 0. The molecule has 0 amide bonds. The molecule has 26 heavy (non-hydrogen) atoms. The van der Waals surface area contributed by atoms with Crippen LogP contribution in [0.4, 0.5) is 0 Å². The van der Waals surface area contributed by atoms with E-state index < -0.39 is 0 Å². The average molecular weight is 361 g/mol. The minimum atomic E-state index is 0.0210. The van der Waals surface area contributed by atoms with E-state index in [1.54, 1.807) is 0 Å². The summed E-state index contributed by atoms with van der Waals surface area (Å²) in [5, 5.41) is 3.69. The van der Waals surface area contributed by atoms with Crippen molar-refractivity contribution < 1.29 is 4.74 Å². The zero-order valence-corrected chi connectivity index (χ0v) is 17.5. The zero-order valence-electron chi connectivity index (χ0n) is 17.5. The molecule has 2 atom stereocenters. The van der Waals surface area contributed by atoms with Crippen LogP contribution in [0.15, 0.2) is 30.3 Å². The maximum absolute atomic E-state index is 5.96. The number of rotatable bonds is 11. The third-order valence-electron chi connectivity index (χ3n) is 5.89. The third-order valence-corrected chi connectivity index (χ3v) is 5.89. The highest BCUT2D eigenvalue weighted by molar-refractivity contribution is 5.20. The van der Waals surface area contributed by atoms with Crippen LogP contribution in [0.5, 0.6) is 0 Å².